The van der Waals surface area contributed by atoms with Gasteiger partial charge in [-0.25, -0.2) is 13.1 Å². The molecule has 7 nitrogen and oxygen atoms in total. The fraction of sp³-hybridized carbons (Fsp3) is 0.571. The first-order chi connectivity index (χ1) is 10.2. The van der Waals surface area contributed by atoms with E-state index in [1.54, 1.807) is 13.8 Å². The Morgan fingerprint density at radius 2 is 2.00 bits per heavy atom. The first-order valence-electron chi connectivity index (χ1n) is 7.21. The first kappa shape index (κ1) is 18.5. The van der Waals surface area contributed by atoms with Gasteiger partial charge in [0.25, 0.3) is 5.69 Å². The maximum Gasteiger partial charge on any atom is 0.271 e. The molecule has 1 rings (SSSR count). The Morgan fingerprint density at radius 3 is 2.50 bits per heavy atom. The number of hydrogen-bond acceptors (Lipinski definition) is 5. The molecule has 0 saturated heterocycles. The average Bonchev–Trinajstić information content (AvgIpc) is 2.45. The molecule has 0 aliphatic rings. The second kappa shape index (κ2) is 7.66. The number of benzene rings is 1. The lowest BCUT2D eigenvalue weighted by Crippen LogP contribution is -2.40. The number of nitrogens with one attached hydrogen (secondary N) is 1. The van der Waals surface area contributed by atoms with E-state index < -0.39 is 14.9 Å². The van der Waals surface area contributed by atoms with Gasteiger partial charge in [-0.05, 0) is 31.4 Å². The molecule has 0 fully saturated rings. The predicted octanol–water partition coefficient (Wildman–Crippen LogP) is 2.01. The van der Waals surface area contributed by atoms with Gasteiger partial charge in [0.15, 0.2) is 0 Å². The molecule has 1 atom stereocenters. The monoisotopic (exact) mass is 329 g/mol. The van der Waals surface area contributed by atoms with Gasteiger partial charge in [-0.3, -0.25) is 10.1 Å². The lowest BCUT2D eigenvalue weighted by molar-refractivity contribution is -0.385. The Kier molecular flexibility index (Phi) is 6.46. The van der Waals surface area contributed by atoms with Gasteiger partial charge in [0.1, 0.15) is 0 Å². The molecule has 0 aliphatic heterocycles. The molecule has 3 N–H and O–H groups in total. The van der Waals surface area contributed by atoms with Crippen LogP contribution in [0.2, 0.25) is 0 Å². The number of unbranched alkanes of at least 4 members (excludes halogenated alkanes) is 1. The second-order valence-corrected chi connectivity index (χ2v) is 7.02. The highest BCUT2D eigenvalue weighted by Gasteiger charge is 2.24. The van der Waals surface area contributed by atoms with E-state index in [9.17, 15) is 18.5 Å². The number of nitrogens with zero attached hydrogens (tertiary/aromatic N) is 1. The molecule has 0 saturated carbocycles. The van der Waals surface area contributed by atoms with Gasteiger partial charge in [-0.1, -0.05) is 19.8 Å². The zero-order valence-corrected chi connectivity index (χ0v) is 13.9. The third-order valence-electron chi connectivity index (χ3n) is 3.62. The van der Waals surface area contributed by atoms with Gasteiger partial charge in [0.2, 0.25) is 10.0 Å². The molecule has 0 bridgehead atoms. The zero-order valence-electron chi connectivity index (χ0n) is 13.1. The smallest absolute Gasteiger partial charge is 0.271 e. The van der Waals surface area contributed by atoms with Gasteiger partial charge >= 0.3 is 0 Å². The number of sulfonamides is 1. The highest BCUT2D eigenvalue weighted by molar-refractivity contribution is 7.89. The van der Waals surface area contributed by atoms with Gasteiger partial charge < -0.3 is 5.73 Å². The summed E-state index contributed by atoms with van der Waals surface area (Å²) in [7, 11) is -3.85. The van der Waals surface area contributed by atoms with E-state index in [0.29, 0.717) is 17.5 Å². The van der Waals surface area contributed by atoms with Crippen LogP contribution in [0.3, 0.4) is 0 Å². The molecule has 22 heavy (non-hydrogen) atoms. The standard InChI is InChI=1S/C14H23N3O4S/c1-4-5-6-12(9-15)16-22(20,21)14-8-13(17(18)19)7-10(2)11(14)3/h7-8,12,16H,4-6,9,15H2,1-3H3. The van der Waals surface area contributed by atoms with Crippen molar-refractivity contribution >= 4 is 15.7 Å². The van der Waals surface area contributed by atoms with Crippen LogP contribution >= 0.6 is 0 Å². The summed E-state index contributed by atoms with van der Waals surface area (Å²) >= 11 is 0. The average molecular weight is 329 g/mol. The number of nitrogens with two attached hydrogens (primary N) is 1. The molecular weight excluding hydrogens is 306 g/mol. The molecule has 1 unspecified atom stereocenters. The SMILES string of the molecule is CCCCC(CN)NS(=O)(=O)c1cc([N+](=O)[O-])cc(C)c1C. The van der Waals surface area contributed by atoms with E-state index in [2.05, 4.69) is 4.72 Å². The minimum atomic E-state index is -3.85. The van der Waals surface area contributed by atoms with E-state index in [-0.39, 0.29) is 23.2 Å². The quantitative estimate of drug-likeness (QED) is 0.559. The number of non-ortho nitro benzene ring substituents is 1. The van der Waals surface area contributed by atoms with Crippen LogP contribution in [0.25, 0.3) is 0 Å². The normalized spacial score (nSPS) is 13.1. The van der Waals surface area contributed by atoms with E-state index in [1.165, 1.54) is 6.07 Å². The number of nitro benzene ring substituents is 1. The number of rotatable bonds is 8. The highest BCUT2D eigenvalue weighted by atomic mass is 32.2. The van der Waals surface area contributed by atoms with Gasteiger partial charge in [0.05, 0.1) is 9.82 Å². The summed E-state index contributed by atoms with van der Waals surface area (Å²) in [6.45, 7) is 5.48. The molecule has 1 aromatic carbocycles. The maximum atomic E-state index is 12.5. The lowest BCUT2D eigenvalue weighted by Gasteiger charge is -2.18. The largest absolute Gasteiger partial charge is 0.329 e. The summed E-state index contributed by atoms with van der Waals surface area (Å²) in [5.41, 5.74) is 6.44. The Labute approximate surface area is 131 Å². The van der Waals surface area contributed by atoms with Crippen LogP contribution in [0.1, 0.15) is 37.3 Å². The fourth-order valence-corrected chi connectivity index (χ4v) is 3.77. The van der Waals surface area contributed by atoms with Crippen molar-refractivity contribution in [1.82, 2.24) is 4.72 Å². The molecule has 0 spiro atoms. The third kappa shape index (κ3) is 4.49. The Hall–Kier alpha value is -1.51. The Morgan fingerprint density at radius 1 is 1.36 bits per heavy atom. The molecule has 8 heteroatoms. The van der Waals surface area contributed by atoms with Crippen molar-refractivity contribution in [3.05, 3.63) is 33.4 Å². The molecule has 0 aromatic heterocycles. The molecule has 0 heterocycles. The minimum Gasteiger partial charge on any atom is -0.329 e. The van der Waals surface area contributed by atoms with Crippen molar-refractivity contribution in [3.8, 4) is 0 Å². The van der Waals surface area contributed by atoms with Crippen LogP contribution < -0.4 is 10.5 Å². The van der Waals surface area contributed by atoms with Crippen molar-refractivity contribution in [3.63, 3.8) is 0 Å². The molecule has 124 valence electrons. The van der Waals surface area contributed by atoms with Crippen molar-refractivity contribution in [2.75, 3.05) is 6.54 Å². The van der Waals surface area contributed by atoms with E-state index in [4.69, 9.17) is 5.73 Å². The fourth-order valence-electron chi connectivity index (χ4n) is 2.15. The van der Waals surface area contributed by atoms with E-state index >= 15 is 0 Å². The predicted molar refractivity (Wildman–Crippen MR) is 85.3 cm³/mol. The van der Waals surface area contributed by atoms with Crippen LogP contribution in [-0.4, -0.2) is 25.9 Å². The maximum absolute atomic E-state index is 12.5. The van der Waals surface area contributed by atoms with E-state index in [1.807, 2.05) is 6.92 Å². The van der Waals surface area contributed by atoms with Crippen molar-refractivity contribution < 1.29 is 13.3 Å². The second-order valence-electron chi connectivity index (χ2n) is 5.34. The Balaban J connectivity index is 3.19. The van der Waals surface area contributed by atoms with Crippen molar-refractivity contribution in [2.24, 2.45) is 5.73 Å². The van der Waals surface area contributed by atoms with Crippen molar-refractivity contribution in [1.29, 1.82) is 0 Å². The summed E-state index contributed by atoms with van der Waals surface area (Å²) < 4.78 is 27.6. The van der Waals surface area contributed by atoms with E-state index in [0.717, 1.165) is 18.9 Å². The lowest BCUT2D eigenvalue weighted by atomic mass is 10.1. The van der Waals surface area contributed by atoms with Crippen molar-refractivity contribution in [2.45, 2.75) is 51.0 Å². The van der Waals surface area contributed by atoms with Crippen LogP contribution in [0.4, 0.5) is 5.69 Å². The molecule has 1 aromatic rings. The number of hydrogen-bond donors (Lipinski definition) is 2. The van der Waals surface area contributed by atoms with Gasteiger partial charge in [-0.15, -0.1) is 0 Å². The van der Waals surface area contributed by atoms with Crippen LogP contribution in [0, 0.1) is 24.0 Å². The summed E-state index contributed by atoms with van der Waals surface area (Å²) in [5, 5.41) is 10.9. The third-order valence-corrected chi connectivity index (χ3v) is 5.26. The summed E-state index contributed by atoms with van der Waals surface area (Å²) in [5.74, 6) is 0. The molecular formula is C14H23N3O4S. The molecule has 0 radical (unpaired) electrons. The van der Waals surface area contributed by atoms with Gasteiger partial charge in [-0.2, -0.15) is 0 Å². The summed E-state index contributed by atoms with van der Waals surface area (Å²) in [6, 6.07) is 2.09. The van der Waals surface area contributed by atoms with Crippen LogP contribution in [-0.2, 0) is 10.0 Å². The summed E-state index contributed by atoms with van der Waals surface area (Å²) in [4.78, 5) is 10.3. The topological polar surface area (TPSA) is 115 Å². The Bertz CT molecular complexity index is 644. The molecule has 0 amide bonds. The number of nitro groups is 1. The first-order valence-corrected chi connectivity index (χ1v) is 8.69. The number of aryl methyl sites for hydroxylation is 1. The molecule has 0 aliphatic carbocycles. The zero-order chi connectivity index (χ0) is 16.9. The van der Waals surface area contributed by atoms with Gasteiger partial charge in [0, 0.05) is 24.7 Å². The summed E-state index contributed by atoms with van der Waals surface area (Å²) in [6.07, 6.45) is 2.43. The highest BCUT2D eigenvalue weighted by Crippen LogP contribution is 2.25. The van der Waals surface area contributed by atoms with Crippen LogP contribution in [0.15, 0.2) is 17.0 Å². The van der Waals surface area contributed by atoms with Crippen LogP contribution in [0.5, 0.6) is 0 Å². The minimum absolute atomic E-state index is 0.0610.